The number of nitrogens with zero attached hydrogens (tertiary/aromatic N) is 4. The standard InChI is InChI=1S/C23H24FN5O6S2/c24-16-1-3-18-21(13-16)36-23(25-18)26-22(30)15-5-7-27(8-6-15)19-4-2-17(14-20(19)29(31)32)37(33,34)28-9-11-35-12-10-28/h1-4,13-15H,5-12H2,(H,25,26,30). The molecule has 0 bridgehead atoms. The topological polar surface area (TPSA) is 135 Å². The Morgan fingerprint density at radius 3 is 2.57 bits per heavy atom. The maximum absolute atomic E-state index is 13.4. The number of rotatable bonds is 6. The fraction of sp³-hybridized carbons (Fsp3) is 0.391. The van der Waals surface area contributed by atoms with Gasteiger partial charge in [-0.25, -0.2) is 17.8 Å². The number of halogens is 1. The minimum Gasteiger partial charge on any atom is -0.379 e. The van der Waals surface area contributed by atoms with Gasteiger partial charge in [0.15, 0.2) is 5.13 Å². The van der Waals surface area contributed by atoms with Crippen LogP contribution in [0.4, 0.5) is 20.9 Å². The highest BCUT2D eigenvalue weighted by atomic mass is 32.2. The number of nitro groups is 1. The molecule has 0 radical (unpaired) electrons. The number of amides is 1. The second kappa shape index (κ2) is 10.3. The maximum atomic E-state index is 13.4. The molecule has 0 aliphatic carbocycles. The number of piperidine rings is 1. The summed E-state index contributed by atoms with van der Waals surface area (Å²) in [6.07, 6.45) is 0.909. The molecule has 2 fully saturated rings. The number of morpholine rings is 1. The molecule has 196 valence electrons. The molecular weight excluding hydrogens is 525 g/mol. The molecule has 0 atom stereocenters. The first-order chi connectivity index (χ1) is 17.7. The van der Waals surface area contributed by atoms with Crippen LogP contribution in [0.25, 0.3) is 10.2 Å². The Labute approximate surface area is 216 Å². The Hall–Kier alpha value is -3.20. The zero-order valence-electron chi connectivity index (χ0n) is 19.6. The van der Waals surface area contributed by atoms with E-state index in [4.69, 9.17) is 4.74 Å². The van der Waals surface area contributed by atoms with E-state index in [9.17, 15) is 27.7 Å². The van der Waals surface area contributed by atoms with Gasteiger partial charge in [-0.05, 0) is 43.2 Å². The summed E-state index contributed by atoms with van der Waals surface area (Å²) in [6.45, 7) is 1.72. The van der Waals surface area contributed by atoms with Gasteiger partial charge in [0.2, 0.25) is 15.9 Å². The number of aromatic nitrogens is 1. The molecule has 5 rings (SSSR count). The summed E-state index contributed by atoms with van der Waals surface area (Å²) in [5.41, 5.74) is 0.625. The van der Waals surface area contributed by atoms with Gasteiger partial charge in [0, 0.05) is 38.2 Å². The number of hydrogen-bond acceptors (Lipinski definition) is 9. The number of carbonyl (C=O) groups excluding carboxylic acids is 1. The number of nitro benzene ring substituents is 1. The highest BCUT2D eigenvalue weighted by Crippen LogP contribution is 2.35. The van der Waals surface area contributed by atoms with Crippen molar-refractivity contribution in [1.82, 2.24) is 9.29 Å². The molecule has 2 aliphatic rings. The smallest absolute Gasteiger partial charge is 0.293 e. The Morgan fingerprint density at radius 1 is 1.14 bits per heavy atom. The highest BCUT2D eigenvalue weighted by molar-refractivity contribution is 7.89. The summed E-state index contributed by atoms with van der Waals surface area (Å²) in [5.74, 6) is -0.900. The van der Waals surface area contributed by atoms with Crippen LogP contribution in [0.2, 0.25) is 0 Å². The molecule has 0 unspecified atom stereocenters. The van der Waals surface area contributed by atoms with Crippen LogP contribution in [-0.4, -0.2) is 67.9 Å². The van der Waals surface area contributed by atoms with Crippen LogP contribution < -0.4 is 10.2 Å². The van der Waals surface area contributed by atoms with E-state index in [1.54, 1.807) is 11.0 Å². The number of ether oxygens (including phenoxy) is 1. The summed E-state index contributed by atoms with van der Waals surface area (Å²) in [6, 6.07) is 8.20. The third-order valence-electron chi connectivity index (χ3n) is 6.54. The quantitative estimate of drug-likeness (QED) is 0.366. The lowest BCUT2D eigenvalue weighted by Gasteiger charge is -2.32. The van der Waals surface area contributed by atoms with Crippen LogP contribution >= 0.6 is 11.3 Å². The second-order valence-corrected chi connectivity index (χ2v) is 11.8. The fourth-order valence-electron chi connectivity index (χ4n) is 4.56. The van der Waals surface area contributed by atoms with Crippen molar-refractivity contribution in [3.05, 3.63) is 52.3 Å². The lowest BCUT2D eigenvalue weighted by atomic mass is 9.95. The van der Waals surface area contributed by atoms with E-state index < -0.39 is 14.9 Å². The van der Waals surface area contributed by atoms with Crippen LogP contribution in [0.15, 0.2) is 41.3 Å². The van der Waals surface area contributed by atoms with Crippen molar-refractivity contribution in [3.63, 3.8) is 0 Å². The number of nitrogens with one attached hydrogen (secondary N) is 1. The van der Waals surface area contributed by atoms with Gasteiger partial charge < -0.3 is 15.0 Å². The van der Waals surface area contributed by atoms with Gasteiger partial charge in [0.1, 0.15) is 11.5 Å². The van der Waals surface area contributed by atoms with Crippen molar-refractivity contribution < 1.29 is 27.3 Å². The molecule has 2 saturated heterocycles. The molecule has 0 spiro atoms. The van der Waals surface area contributed by atoms with Crippen LogP contribution in [0.3, 0.4) is 0 Å². The zero-order chi connectivity index (χ0) is 26.2. The molecule has 0 saturated carbocycles. The molecule has 3 heterocycles. The Kier molecular flexibility index (Phi) is 7.07. The van der Waals surface area contributed by atoms with Crippen molar-refractivity contribution >= 4 is 54.0 Å². The SMILES string of the molecule is O=C(Nc1nc2ccc(F)cc2s1)C1CCN(c2ccc(S(=O)(=O)N3CCOCC3)cc2[N+](=O)[O-])CC1. The summed E-state index contributed by atoms with van der Waals surface area (Å²) < 4.78 is 46.4. The van der Waals surface area contributed by atoms with E-state index in [1.807, 2.05) is 0 Å². The maximum Gasteiger partial charge on any atom is 0.293 e. The third kappa shape index (κ3) is 5.28. The predicted molar refractivity (Wildman–Crippen MR) is 136 cm³/mol. The number of carbonyl (C=O) groups is 1. The minimum absolute atomic E-state index is 0.130. The zero-order valence-corrected chi connectivity index (χ0v) is 21.3. The van der Waals surface area contributed by atoms with Gasteiger partial charge in [-0.3, -0.25) is 14.9 Å². The second-order valence-electron chi connectivity index (χ2n) is 8.81. The van der Waals surface area contributed by atoms with Gasteiger partial charge >= 0.3 is 0 Å². The van der Waals surface area contributed by atoms with Crippen molar-refractivity contribution in [1.29, 1.82) is 0 Å². The normalized spacial score (nSPS) is 17.7. The third-order valence-corrected chi connectivity index (χ3v) is 9.37. The predicted octanol–water partition coefficient (Wildman–Crippen LogP) is 3.22. The monoisotopic (exact) mass is 549 g/mol. The van der Waals surface area contributed by atoms with Gasteiger partial charge in [0.05, 0.1) is 33.2 Å². The molecule has 1 amide bonds. The van der Waals surface area contributed by atoms with Crippen molar-refractivity contribution in [2.75, 3.05) is 49.6 Å². The lowest BCUT2D eigenvalue weighted by molar-refractivity contribution is -0.384. The number of thiazole rings is 1. The van der Waals surface area contributed by atoms with Crippen molar-refractivity contribution in [2.45, 2.75) is 17.7 Å². The van der Waals surface area contributed by atoms with Crippen LogP contribution in [0, 0.1) is 21.8 Å². The Balaban J connectivity index is 1.26. The van der Waals surface area contributed by atoms with E-state index in [1.165, 1.54) is 39.9 Å². The first kappa shape index (κ1) is 25.4. The first-order valence-corrected chi connectivity index (χ1v) is 14.0. The van der Waals surface area contributed by atoms with E-state index in [0.29, 0.717) is 47.0 Å². The number of sulfonamides is 1. The van der Waals surface area contributed by atoms with Crippen molar-refractivity contribution in [3.8, 4) is 0 Å². The molecule has 1 aromatic heterocycles. The van der Waals surface area contributed by atoms with Crippen LogP contribution in [0.1, 0.15) is 12.8 Å². The molecule has 14 heteroatoms. The molecule has 11 nitrogen and oxygen atoms in total. The largest absolute Gasteiger partial charge is 0.379 e. The summed E-state index contributed by atoms with van der Waals surface area (Å²) in [4.78, 5) is 30.1. The van der Waals surface area contributed by atoms with Gasteiger partial charge in [-0.15, -0.1) is 0 Å². The fourth-order valence-corrected chi connectivity index (χ4v) is 6.88. The van der Waals surface area contributed by atoms with Gasteiger partial charge in [-0.1, -0.05) is 11.3 Å². The van der Waals surface area contributed by atoms with E-state index in [0.717, 1.165) is 6.07 Å². The molecule has 37 heavy (non-hydrogen) atoms. The summed E-state index contributed by atoms with van der Waals surface area (Å²) >= 11 is 1.19. The van der Waals surface area contributed by atoms with Gasteiger partial charge in [-0.2, -0.15) is 4.31 Å². The Bertz CT molecular complexity index is 1450. The van der Waals surface area contributed by atoms with Crippen molar-refractivity contribution in [2.24, 2.45) is 5.92 Å². The van der Waals surface area contributed by atoms with Crippen LogP contribution in [-0.2, 0) is 19.6 Å². The minimum atomic E-state index is -3.88. The lowest BCUT2D eigenvalue weighted by Crippen LogP contribution is -2.40. The number of fused-ring (bicyclic) bond motifs is 1. The van der Waals surface area contributed by atoms with E-state index >= 15 is 0 Å². The number of benzene rings is 2. The average molecular weight is 550 g/mol. The summed E-state index contributed by atoms with van der Waals surface area (Å²) in [7, 11) is -3.88. The number of hydrogen-bond donors (Lipinski definition) is 1. The number of anilines is 2. The summed E-state index contributed by atoms with van der Waals surface area (Å²) in [5, 5.41) is 15.0. The molecule has 2 aliphatic heterocycles. The molecular formula is C23H24FN5O6S2. The molecule has 1 N–H and O–H groups in total. The average Bonchev–Trinajstić information content (AvgIpc) is 3.30. The van der Waals surface area contributed by atoms with E-state index in [2.05, 4.69) is 10.3 Å². The highest BCUT2D eigenvalue weighted by Gasteiger charge is 2.32. The molecule has 3 aromatic rings. The molecule has 2 aromatic carbocycles. The first-order valence-electron chi connectivity index (χ1n) is 11.7. The van der Waals surface area contributed by atoms with Crippen LogP contribution in [0.5, 0.6) is 0 Å². The van der Waals surface area contributed by atoms with Gasteiger partial charge in [0.25, 0.3) is 5.69 Å². The Morgan fingerprint density at radius 2 is 1.86 bits per heavy atom. The van der Waals surface area contributed by atoms with E-state index in [-0.39, 0.29) is 54.5 Å².